The highest BCUT2D eigenvalue weighted by Gasteiger charge is 2.18. The van der Waals surface area contributed by atoms with Crippen LogP contribution in [0, 0.1) is 17.8 Å². The Morgan fingerprint density at radius 3 is 3.20 bits per heavy atom. The number of thiophene rings is 1. The Hall–Kier alpha value is -1.35. The molecule has 0 saturated carbocycles. The number of carbonyl (C=O) groups is 1. The third-order valence-corrected chi connectivity index (χ3v) is 4.42. The fourth-order valence-corrected chi connectivity index (χ4v) is 3.23. The molecule has 1 fully saturated rings. The number of hydrogen-bond donors (Lipinski definition) is 2. The van der Waals surface area contributed by atoms with E-state index < -0.39 is 0 Å². The number of nitrogens with one attached hydrogen (secondary N) is 1. The molecule has 1 aromatic rings. The van der Waals surface area contributed by atoms with Gasteiger partial charge in [-0.25, -0.2) is 0 Å². The largest absolute Gasteiger partial charge is 0.351 e. The Balaban J connectivity index is 1.83. The molecule has 1 saturated heterocycles. The lowest BCUT2D eigenvalue weighted by Gasteiger charge is -2.29. The van der Waals surface area contributed by atoms with Crippen molar-refractivity contribution in [3.63, 3.8) is 0 Å². The molecule has 1 aliphatic heterocycles. The molecule has 0 aromatic carbocycles. The number of piperidine rings is 1. The molecular weight excluding hydrogens is 270 g/mol. The molecule has 2 heterocycles. The van der Waals surface area contributed by atoms with Crippen LogP contribution in [0.3, 0.4) is 0 Å². The van der Waals surface area contributed by atoms with Crippen LogP contribution in [0.1, 0.15) is 27.4 Å². The van der Waals surface area contributed by atoms with Gasteiger partial charge in [0.05, 0.1) is 16.3 Å². The summed E-state index contributed by atoms with van der Waals surface area (Å²) in [5, 5.41) is 3.03. The molecule has 0 radical (unpaired) electrons. The Morgan fingerprint density at radius 2 is 2.45 bits per heavy atom. The van der Waals surface area contributed by atoms with Gasteiger partial charge in [0, 0.05) is 13.1 Å². The molecule has 1 unspecified atom stereocenters. The van der Waals surface area contributed by atoms with Crippen LogP contribution in [-0.2, 0) is 0 Å². The number of rotatable bonds is 3. The van der Waals surface area contributed by atoms with E-state index in [9.17, 15) is 4.79 Å². The van der Waals surface area contributed by atoms with Crippen LogP contribution in [0.4, 0.5) is 0 Å². The first kappa shape index (κ1) is 15.0. The fraction of sp³-hybridized carbons (Fsp3) is 0.533. The Bertz CT molecular complexity index is 515. The average Bonchev–Trinajstić information content (AvgIpc) is 2.91. The van der Waals surface area contributed by atoms with Crippen LogP contribution in [0.5, 0.6) is 0 Å². The van der Waals surface area contributed by atoms with Crippen molar-refractivity contribution in [2.24, 2.45) is 11.7 Å². The summed E-state index contributed by atoms with van der Waals surface area (Å²) in [4.78, 5) is 16.0. The summed E-state index contributed by atoms with van der Waals surface area (Å²) in [5.74, 6) is 6.31. The van der Waals surface area contributed by atoms with Gasteiger partial charge in [-0.2, -0.15) is 0 Å². The van der Waals surface area contributed by atoms with E-state index in [0.717, 1.165) is 22.8 Å². The normalized spacial score (nSPS) is 19.2. The van der Waals surface area contributed by atoms with Crippen molar-refractivity contribution >= 4 is 17.2 Å². The minimum absolute atomic E-state index is 0.00373. The van der Waals surface area contributed by atoms with Gasteiger partial charge >= 0.3 is 0 Å². The topological polar surface area (TPSA) is 58.4 Å². The van der Waals surface area contributed by atoms with Crippen LogP contribution < -0.4 is 11.1 Å². The first-order chi connectivity index (χ1) is 9.69. The molecule has 108 valence electrons. The van der Waals surface area contributed by atoms with Gasteiger partial charge in [-0.3, -0.25) is 4.79 Å². The maximum absolute atomic E-state index is 12.1. The third kappa shape index (κ3) is 4.34. The van der Waals surface area contributed by atoms with Crippen molar-refractivity contribution in [1.82, 2.24) is 10.2 Å². The predicted molar refractivity (Wildman–Crippen MR) is 82.8 cm³/mol. The molecule has 2 rings (SSSR count). The van der Waals surface area contributed by atoms with Crippen LogP contribution in [0.2, 0.25) is 0 Å². The monoisotopic (exact) mass is 291 g/mol. The summed E-state index contributed by atoms with van der Waals surface area (Å²) in [6.07, 6.45) is 2.41. The quantitative estimate of drug-likeness (QED) is 0.821. The van der Waals surface area contributed by atoms with Gasteiger partial charge in [-0.05, 0) is 44.5 Å². The molecule has 1 aliphatic rings. The summed E-state index contributed by atoms with van der Waals surface area (Å²) in [6, 6.07) is 3.70. The third-order valence-electron chi connectivity index (χ3n) is 3.42. The van der Waals surface area contributed by atoms with Crippen LogP contribution in [-0.4, -0.2) is 44.0 Å². The maximum atomic E-state index is 12.1. The number of likely N-dealkylation sites (tertiary alicyclic amines) is 1. The zero-order valence-electron chi connectivity index (χ0n) is 11.8. The van der Waals surface area contributed by atoms with Crippen molar-refractivity contribution in [2.75, 3.05) is 33.2 Å². The fourth-order valence-electron chi connectivity index (χ4n) is 2.43. The minimum Gasteiger partial charge on any atom is -0.351 e. The zero-order chi connectivity index (χ0) is 14.4. The van der Waals surface area contributed by atoms with E-state index in [-0.39, 0.29) is 5.91 Å². The molecular formula is C15H21N3OS. The standard InChI is InChI=1S/C15H21N3OS/c1-18-9-3-4-12(11-18)10-17-15(19)14-7-6-13(20-14)5-2-8-16/h6-7,12H,3-4,8-11,16H2,1H3,(H,17,19). The van der Waals surface area contributed by atoms with Crippen LogP contribution >= 0.6 is 11.3 Å². The van der Waals surface area contributed by atoms with Crippen LogP contribution in [0.15, 0.2) is 12.1 Å². The minimum atomic E-state index is 0.00373. The van der Waals surface area contributed by atoms with Gasteiger partial charge in [-0.15, -0.1) is 11.3 Å². The highest BCUT2D eigenvalue weighted by atomic mass is 32.1. The molecule has 1 atom stereocenters. The van der Waals surface area contributed by atoms with Crippen molar-refractivity contribution in [3.8, 4) is 11.8 Å². The number of amides is 1. The van der Waals surface area contributed by atoms with Gasteiger partial charge in [0.2, 0.25) is 0 Å². The Morgan fingerprint density at radius 1 is 1.60 bits per heavy atom. The van der Waals surface area contributed by atoms with Crippen molar-refractivity contribution in [2.45, 2.75) is 12.8 Å². The van der Waals surface area contributed by atoms with Gasteiger partial charge < -0.3 is 16.0 Å². The summed E-state index contributed by atoms with van der Waals surface area (Å²) in [6.45, 7) is 3.33. The van der Waals surface area contributed by atoms with E-state index in [4.69, 9.17) is 5.73 Å². The van der Waals surface area contributed by atoms with Crippen molar-refractivity contribution < 1.29 is 4.79 Å². The molecule has 0 spiro atoms. The molecule has 0 bridgehead atoms. The lowest BCUT2D eigenvalue weighted by Crippen LogP contribution is -2.38. The second-order valence-corrected chi connectivity index (χ2v) is 6.23. The average molecular weight is 291 g/mol. The van der Waals surface area contributed by atoms with Crippen molar-refractivity contribution in [1.29, 1.82) is 0 Å². The highest BCUT2D eigenvalue weighted by Crippen LogP contribution is 2.17. The molecule has 4 nitrogen and oxygen atoms in total. The first-order valence-corrected chi connectivity index (χ1v) is 7.76. The summed E-state index contributed by atoms with van der Waals surface area (Å²) in [7, 11) is 2.13. The van der Waals surface area contributed by atoms with E-state index in [1.807, 2.05) is 12.1 Å². The Labute approximate surface area is 124 Å². The van der Waals surface area contributed by atoms with Crippen LogP contribution in [0.25, 0.3) is 0 Å². The number of nitrogens with two attached hydrogens (primary N) is 1. The van der Waals surface area contributed by atoms with E-state index in [0.29, 0.717) is 12.5 Å². The van der Waals surface area contributed by atoms with Gasteiger partial charge in [0.1, 0.15) is 0 Å². The van der Waals surface area contributed by atoms with Gasteiger partial charge in [-0.1, -0.05) is 11.8 Å². The van der Waals surface area contributed by atoms with E-state index in [1.54, 1.807) is 0 Å². The SMILES string of the molecule is CN1CCCC(CNC(=O)c2ccc(C#CCN)s2)C1. The number of hydrogen-bond acceptors (Lipinski definition) is 4. The lowest BCUT2D eigenvalue weighted by molar-refractivity contribution is 0.0941. The number of carbonyl (C=O) groups excluding carboxylic acids is 1. The zero-order valence-corrected chi connectivity index (χ0v) is 12.6. The molecule has 1 aromatic heterocycles. The molecule has 5 heteroatoms. The lowest BCUT2D eigenvalue weighted by atomic mass is 9.98. The molecule has 0 aliphatic carbocycles. The van der Waals surface area contributed by atoms with Gasteiger partial charge in [0.15, 0.2) is 0 Å². The Kier molecular flexibility index (Phi) is 5.60. The van der Waals surface area contributed by atoms with E-state index >= 15 is 0 Å². The smallest absolute Gasteiger partial charge is 0.261 e. The summed E-state index contributed by atoms with van der Waals surface area (Å²) in [5.41, 5.74) is 5.33. The summed E-state index contributed by atoms with van der Waals surface area (Å²) >= 11 is 1.42. The number of nitrogens with zero attached hydrogens (tertiary/aromatic N) is 1. The second-order valence-electron chi connectivity index (χ2n) is 5.15. The van der Waals surface area contributed by atoms with Gasteiger partial charge in [0.25, 0.3) is 5.91 Å². The first-order valence-electron chi connectivity index (χ1n) is 6.94. The maximum Gasteiger partial charge on any atom is 0.261 e. The summed E-state index contributed by atoms with van der Waals surface area (Å²) < 4.78 is 0. The highest BCUT2D eigenvalue weighted by molar-refractivity contribution is 7.14. The van der Waals surface area contributed by atoms with Crippen molar-refractivity contribution in [3.05, 3.63) is 21.9 Å². The second kappa shape index (κ2) is 7.44. The molecule has 3 N–H and O–H groups in total. The molecule has 1 amide bonds. The molecule has 20 heavy (non-hydrogen) atoms. The predicted octanol–water partition coefficient (Wildman–Crippen LogP) is 1.13. The van der Waals surface area contributed by atoms with E-state index in [1.165, 1.54) is 30.7 Å². The van der Waals surface area contributed by atoms with E-state index in [2.05, 4.69) is 29.1 Å².